The molecule has 1 unspecified atom stereocenters. The quantitative estimate of drug-likeness (QED) is 0.309. The molecule has 0 spiro atoms. The SMILES string of the molecule is CC(C)C[C@H](N[C@@H](c1ccc(-c2ccc(S(C)(=O)=O)cc2)cc1)C(F)(F)F)C(=O)NC1CCN(S(=O)(=O)c2ccccc2)C1=O. The zero-order valence-corrected chi connectivity index (χ0v) is 26.4. The molecule has 1 fully saturated rings. The van der Waals surface area contributed by atoms with Crippen molar-refractivity contribution in [2.45, 2.75) is 60.8 Å². The summed E-state index contributed by atoms with van der Waals surface area (Å²) in [5.41, 5.74) is 1.01. The number of rotatable bonds is 11. The van der Waals surface area contributed by atoms with E-state index in [-0.39, 0.29) is 40.7 Å². The Labute approximate surface area is 260 Å². The van der Waals surface area contributed by atoms with Gasteiger partial charge in [-0.25, -0.2) is 21.1 Å². The lowest BCUT2D eigenvalue weighted by molar-refractivity contribution is -0.161. The van der Waals surface area contributed by atoms with Gasteiger partial charge in [-0.3, -0.25) is 14.9 Å². The average molecular weight is 666 g/mol. The third-order valence-electron chi connectivity index (χ3n) is 7.39. The normalized spacial score (nSPS) is 17.4. The smallest absolute Gasteiger partial charge is 0.343 e. The van der Waals surface area contributed by atoms with E-state index in [1.165, 1.54) is 60.7 Å². The number of sulfonamides is 1. The van der Waals surface area contributed by atoms with Crippen LogP contribution in [0.1, 0.15) is 38.3 Å². The number of benzene rings is 3. The van der Waals surface area contributed by atoms with Crippen LogP contribution in [0.4, 0.5) is 13.2 Å². The van der Waals surface area contributed by atoms with Gasteiger partial charge < -0.3 is 5.32 Å². The Morgan fingerprint density at radius 1 is 0.889 bits per heavy atom. The number of amides is 2. The van der Waals surface area contributed by atoms with Crippen molar-refractivity contribution in [2.24, 2.45) is 5.92 Å². The molecule has 3 aromatic rings. The fraction of sp³-hybridized carbons (Fsp3) is 0.355. The molecular formula is C31H34F3N3O6S2. The molecule has 0 aromatic heterocycles. The highest BCUT2D eigenvalue weighted by Crippen LogP contribution is 2.35. The lowest BCUT2D eigenvalue weighted by atomic mass is 9.97. The summed E-state index contributed by atoms with van der Waals surface area (Å²) in [4.78, 5) is 26.4. The minimum Gasteiger partial charge on any atom is -0.343 e. The van der Waals surface area contributed by atoms with Crippen molar-refractivity contribution in [3.8, 4) is 11.1 Å². The summed E-state index contributed by atoms with van der Waals surface area (Å²) < 4.78 is 93.2. The second-order valence-corrected chi connectivity index (χ2v) is 15.2. The molecule has 0 bridgehead atoms. The molecule has 1 saturated heterocycles. The first kappa shape index (κ1) is 34.1. The van der Waals surface area contributed by atoms with Gasteiger partial charge in [0.05, 0.1) is 15.8 Å². The number of carbonyl (C=O) groups is 2. The molecule has 2 amide bonds. The van der Waals surface area contributed by atoms with E-state index in [0.717, 1.165) is 6.26 Å². The molecule has 1 aliphatic rings. The summed E-state index contributed by atoms with van der Waals surface area (Å²) in [6, 6.07) is 14.0. The molecule has 1 aliphatic heterocycles. The molecule has 9 nitrogen and oxygen atoms in total. The highest BCUT2D eigenvalue weighted by atomic mass is 32.2. The van der Waals surface area contributed by atoms with Gasteiger partial charge in [-0.05, 0) is 59.7 Å². The third kappa shape index (κ3) is 8.10. The number of nitrogens with zero attached hydrogens (tertiary/aromatic N) is 1. The predicted molar refractivity (Wildman–Crippen MR) is 162 cm³/mol. The molecule has 3 aromatic carbocycles. The van der Waals surface area contributed by atoms with Crippen molar-refractivity contribution >= 4 is 31.7 Å². The summed E-state index contributed by atoms with van der Waals surface area (Å²) in [6.45, 7) is 3.30. The first-order valence-electron chi connectivity index (χ1n) is 14.1. The van der Waals surface area contributed by atoms with Crippen LogP contribution in [0.2, 0.25) is 0 Å². The van der Waals surface area contributed by atoms with E-state index in [1.807, 2.05) is 0 Å². The molecule has 3 atom stereocenters. The predicted octanol–water partition coefficient (Wildman–Crippen LogP) is 4.47. The second kappa shape index (κ2) is 13.3. The summed E-state index contributed by atoms with van der Waals surface area (Å²) in [7, 11) is -7.57. The number of hydrogen-bond donors (Lipinski definition) is 2. The molecule has 0 radical (unpaired) electrons. The van der Waals surface area contributed by atoms with Crippen molar-refractivity contribution in [3.05, 3.63) is 84.4 Å². The zero-order valence-electron chi connectivity index (χ0n) is 24.8. The molecule has 1 heterocycles. The van der Waals surface area contributed by atoms with Gasteiger partial charge in [0.2, 0.25) is 5.91 Å². The molecule has 45 heavy (non-hydrogen) atoms. The van der Waals surface area contributed by atoms with Crippen LogP contribution in [0.25, 0.3) is 11.1 Å². The third-order valence-corrected chi connectivity index (χ3v) is 10.3. The van der Waals surface area contributed by atoms with Crippen molar-refractivity contribution in [3.63, 3.8) is 0 Å². The lowest BCUT2D eigenvalue weighted by Gasteiger charge is -2.29. The highest BCUT2D eigenvalue weighted by Gasteiger charge is 2.44. The number of hydrogen-bond acceptors (Lipinski definition) is 7. The average Bonchev–Trinajstić information content (AvgIpc) is 3.34. The fourth-order valence-corrected chi connectivity index (χ4v) is 7.18. The van der Waals surface area contributed by atoms with Crippen molar-refractivity contribution in [1.29, 1.82) is 0 Å². The maximum atomic E-state index is 14.4. The van der Waals surface area contributed by atoms with Crippen LogP contribution in [0.5, 0.6) is 0 Å². The van der Waals surface area contributed by atoms with Gasteiger partial charge in [0.1, 0.15) is 12.1 Å². The standard InChI is InChI=1S/C31H34F3N3O6S2/c1-20(2)19-27(29(38)36-26-17-18-37(30(26)39)45(42,43)25-7-5-4-6-8-25)35-28(31(32,33)34)23-11-9-21(10-12-23)22-13-15-24(16-14-22)44(3,40)41/h4-16,20,26-28,35H,17-19H2,1-3H3,(H,36,38)/t26?,27-,28-/m0/s1. The Kier molecular flexibility index (Phi) is 10.1. The van der Waals surface area contributed by atoms with Gasteiger partial charge in [-0.1, -0.05) is 68.4 Å². The Bertz CT molecular complexity index is 1730. The fourth-order valence-electron chi connectivity index (χ4n) is 5.08. The molecule has 4 rings (SSSR count). The van der Waals surface area contributed by atoms with Crippen molar-refractivity contribution in [1.82, 2.24) is 14.9 Å². The maximum absolute atomic E-state index is 14.4. The van der Waals surface area contributed by atoms with E-state index < -0.39 is 56.0 Å². The van der Waals surface area contributed by atoms with E-state index in [2.05, 4.69) is 10.6 Å². The number of alkyl halides is 3. The largest absolute Gasteiger partial charge is 0.407 e. The first-order valence-corrected chi connectivity index (χ1v) is 17.5. The van der Waals surface area contributed by atoms with Crippen LogP contribution in [0, 0.1) is 5.92 Å². The Morgan fingerprint density at radius 3 is 1.96 bits per heavy atom. The molecular weight excluding hydrogens is 631 g/mol. The lowest BCUT2D eigenvalue weighted by Crippen LogP contribution is -2.53. The van der Waals surface area contributed by atoms with Crippen LogP contribution >= 0.6 is 0 Å². The Morgan fingerprint density at radius 2 is 1.44 bits per heavy atom. The van der Waals surface area contributed by atoms with Gasteiger partial charge >= 0.3 is 6.18 Å². The molecule has 14 heteroatoms. The van der Waals surface area contributed by atoms with Crippen LogP contribution in [-0.2, 0) is 29.4 Å². The van der Waals surface area contributed by atoms with E-state index in [4.69, 9.17) is 0 Å². The Hall–Kier alpha value is -3.75. The second-order valence-electron chi connectivity index (χ2n) is 11.3. The van der Waals surface area contributed by atoms with E-state index in [1.54, 1.807) is 32.0 Å². The van der Waals surface area contributed by atoms with Crippen LogP contribution < -0.4 is 10.6 Å². The summed E-state index contributed by atoms with van der Waals surface area (Å²) in [6.07, 6.45) is -3.74. The monoisotopic (exact) mass is 665 g/mol. The van der Waals surface area contributed by atoms with Gasteiger partial charge in [-0.2, -0.15) is 13.2 Å². The topological polar surface area (TPSA) is 130 Å². The number of carbonyl (C=O) groups excluding carboxylic acids is 2. The van der Waals surface area contributed by atoms with Crippen LogP contribution in [-0.4, -0.2) is 64.0 Å². The first-order chi connectivity index (χ1) is 21.0. The number of sulfone groups is 1. The highest BCUT2D eigenvalue weighted by molar-refractivity contribution is 7.90. The number of nitrogens with one attached hydrogen (secondary N) is 2. The summed E-state index contributed by atoms with van der Waals surface area (Å²) in [5, 5.41) is 4.91. The minimum atomic E-state index is -4.79. The zero-order chi connectivity index (χ0) is 33.2. The molecule has 2 N–H and O–H groups in total. The van der Waals surface area contributed by atoms with Crippen molar-refractivity contribution < 1.29 is 39.6 Å². The Balaban J connectivity index is 1.52. The molecule has 242 valence electrons. The maximum Gasteiger partial charge on any atom is 0.407 e. The van der Waals surface area contributed by atoms with Crippen LogP contribution in [0.3, 0.4) is 0 Å². The van der Waals surface area contributed by atoms with Crippen molar-refractivity contribution in [2.75, 3.05) is 12.8 Å². The number of halogens is 3. The summed E-state index contributed by atoms with van der Waals surface area (Å²) >= 11 is 0. The van der Waals surface area contributed by atoms with Gasteiger partial charge in [0.25, 0.3) is 15.9 Å². The van der Waals surface area contributed by atoms with Gasteiger partial charge in [-0.15, -0.1) is 0 Å². The van der Waals surface area contributed by atoms with E-state index in [9.17, 15) is 39.6 Å². The van der Waals surface area contributed by atoms with E-state index >= 15 is 0 Å². The molecule has 0 aliphatic carbocycles. The summed E-state index contributed by atoms with van der Waals surface area (Å²) in [5.74, 6) is -1.91. The van der Waals surface area contributed by atoms with Gasteiger partial charge in [0, 0.05) is 12.8 Å². The van der Waals surface area contributed by atoms with Gasteiger partial charge in [0.15, 0.2) is 9.84 Å². The molecule has 0 saturated carbocycles. The minimum absolute atomic E-state index is 0.0100. The van der Waals surface area contributed by atoms with Crippen LogP contribution in [0.15, 0.2) is 88.7 Å². The van der Waals surface area contributed by atoms with E-state index in [0.29, 0.717) is 15.4 Å².